The van der Waals surface area contributed by atoms with Crippen molar-refractivity contribution in [3.8, 4) is 11.8 Å². The zero-order valence-corrected chi connectivity index (χ0v) is 13.4. The fourth-order valence-corrected chi connectivity index (χ4v) is 3.25. The fourth-order valence-electron chi connectivity index (χ4n) is 3.25. The highest BCUT2D eigenvalue weighted by molar-refractivity contribution is 5.33. The first-order valence-electron chi connectivity index (χ1n) is 8.32. The topological polar surface area (TPSA) is 24.7 Å². The highest BCUT2D eigenvalue weighted by Gasteiger charge is 2.38. The van der Waals surface area contributed by atoms with Gasteiger partial charge < -0.3 is 10.0 Å². The summed E-state index contributed by atoms with van der Waals surface area (Å²) < 4.78 is 0. The molecule has 0 unspecified atom stereocenters. The van der Waals surface area contributed by atoms with Crippen LogP contribution in [0.1, 0.15) is 45.1 Å². The minimum absolute atomic E-state index is 0.277. The normalized spacial score (nSPS) is 18.3. The molecule has 0 aliphatic heterocycles. The van der Waals surface area contributed by atoms with Gasteiger partial charge >= 0.3 is 0 Å². The molecule has 0 spiro atoms. The molecule has 1 aliphatic rings. The molecular weight excluding hydrogens is 258 g/mol. The highest BCUT2D eigenvalue weighted by Crippen LogP contribution is 2.40. The van der Waals surface area contributed by atoms with Gasteiger partial charge in [-0.25, -0.2) is 0 Å². The number of hydrogen-bond donors (Lipinski definition) is 2. The molecule has 114 valence electrons. The monoisotopic (exact) mass is 286 g/mol. The quantitative estimate of drug-likeness (QED) is 0.795. The lowest BCUT2D eigenvalue weighted by Crippen LogP contribution is -3.11. The number of quaternary nitrogens is 1. The lowest BCUT2D eigenvalue weighted by molar-refractivity contribution is -0.889. The summed E-state index contributed by atoms with van der Waals surface area (Å²) in [5.74, 6) is 6.78. The van der Waals surface area contributed by atoms with Gasteiger partial charge in [0.15, 0.2) is 5.60 Å². The minimum atomic E-state index is -0.968. The summed E-state index contributed by atoms with van der Waals surface area (Å²) in [6.45, 7) is 7.34. The van der Waals surface area contributed by atoms with Crippen LogP contribution in [-0.2, 0) is 5.60 Å². The van der Waals surface area contributed by atoms with E-state index in [1.54, 1.807) is 0 Å². The lowest BCUT2D eigenvalue weighted by Gasteiger charge is -2.29. The van der Waals surface area contributed by atoms with Gasteiger partial charge in [0.05, 0.1) is 13.1 Å². The second-order valence-electron chi connectivity index (χ2n) is 6.05. The Morgan fingerprint density at radius 1 is 1.14 bits per heavy atom. The standard InChI is InChI=1S/C19H27NO/c1-3-20(4-2)16-10-15-19(21,18-13-8-9-14-18)17-11-6-5-7-12-17/h5-7,11-12,18,21H,3-4,8-9,13-14,16H2,1-2H3/p+1/t19-/m0/s1. The van der Waals surface area contributed by atoms with Crippen LogP contribution in [0, 0.1) is 17.8 Å². The third kappa shape index (κ3) is 3.87. The van der Waals surface area contributed by atoms with Crippen LogP contribution in [0.3, 0.4) is 0 Å². The molecule has 0 radical (unpaired) electrons. The highest BCUT2D eigenvalue weighted by atomic mass is 16.3. The molecule has 1 aromatic rings. The molecule has 0 aromatic heterocycles. The molecule has 1 saturated carbocycles. The summed E-state index contributed by atoms with van der Waals surface area (Å²) in [7, 11) is 0. The van der Waals surface area contributed by atoms with Gasteiger partial charge in [-0.3, -0.25) is 0 Å². The Hall–Kier alpha value is -1.30. The number of nitrogens with one attached hydrogen (secondary N) is 1. The van der Waals surface area contributed by atoms with Gasteiger partial charge in [-0.1, -0.05) is 49.1 Å². The van der Waals surface area contributed by atoms with E-state index in [0.29, 0.717) is 0 Å². The molecular formula is C19H28NO+. The molecule has 0 saturated heterocycles. The van der Waals surface area contributed by atoms with Crippen LogP contribution in [0.4, 0.5) is 0 Å². The maximum atomic E-state index is 11.3. The molecule has 1 aromatic carbocycles. The zero-order chi connectivity index (χ0) is 15.1. The number of aliphatic hydroxyl groups is 1. The maximum Gasteiger partial charge on any atom is 0.153 e. The summed E-state index contributed by atoms with van der Waals surface area (Å²) in [6.07, 6.45) is 4.59. The molecule has 0 bridgehead atoms. The summed E-state index contributed by atoms with van der Waals surface area (Å²) in [5.41, 5.74) is -0.0105. The Morgan fingerprint density at radius 2 is 1.76 bits per heavy atom. The van der Waals surface area contributed by atoms with Gasteiger partial charge in [-0.15, -0.1) is 0 Å². The van der Waals surface area contributed by atoms with Crippen molar-refractivity contribution >= 4 is 0 Å². The second kappa shape index (κ2) is 7.64. The van der Waals surface area contributed by atoms with Crippen molar-refractivity contribution in [3.05, 3.63) is 35.9 Å². The largest absolute Gasteiger partial charge is 0.373 e. The Labute approximate surface area is 129 Å². The lowest BCUT2D eigenvalue weighted by atomic mass is 9.80. The molecule has 0 amide bonds. The maximum absolute atomic E-state index is 11.3. The van der Waals surface area contributed by atoms with Crippen molar-refractivity contribution in [2.75, 3.05) is 19.6 Å². The van der Waals surface area contributed by atoms with Crippen LogP contribution in [-0.4, -0.2) is 24.7 Å². The van der Waals surface area contributed by atoms with E-state index in [1.165, 1.54) is 17.7 Å². The minimum Gasteiger partial charge on any atom is -0.373 e. The van der Waals surface area contributed by atoms with Crippen LogP contribution >= 0.6 is 0 Å². The van der Waals surface area contributed by atoms with E-state index in [9.17, 15) is 5.11 Å². The van der Waals surface area contributed by atoms with Crippen LogP contribution in [0.2, 0.25) is 0 Å². The molecule has 1 fully saturated rings. The average molecular weight is 286 g/mol. The smallest absolute Gasteiger partial charge is 0.153 e. The van der Waals surface area contributed by atoms with E-state index in [4.69, 9.17) is 0 Å². The molecule has 21 heavy (non-hydrogen) atoms. The predicted octanol–water partition coefficient (Wildman–Crippen LogP) is 1.99. The van der Waals surface area contributed by atoms with Gasteiger partial charge in [0.2, 0.25) is 0 Å². The van der Waals surface area contributed by atoms with Crippen molar-refractivity contribution in [1.82, 2.24) is 0 Å². The van der Waals surface area contributed by atoms with Crippen molar-refractivity contribution in [1.29, 1.82) is 0 Å². The van der Waals surface area contributed by atoms with E-state index < -0.39 is 5.60 Å². The van der Waals surface area contributed by atoms with E-state index in [-0.39, 0.29) is 5.92 Å². The SMILES string of the molecule is CC[NH+](CC)CC#C[C@](O)(c1ccccc1)C1CCCC1. The van der Waals surface area contributed by atoms with Gasteiger partial charge in [0, 0.05) is 5.92 Å². The summed E-state index contributed by atoms with van der Waals surface area (Å²) in [4.78, 5) is 1.46. The van der Waals surface area contributed by atoms with Crippen molar-refractivity contribution < 1.29 is 10.0 Å². The molecule has 0 heterocycles. The average Bonchev–Trinajstić information content (AvgIpc) is 3.07. The van der Waals surface area contributed by atoms with Gasteiger partial charge in [-0.05, 0) is 38.2 Å². The Kier molecular flexibility index (Phi) is 5.85. The Balaban J connectivity index is 2.22. The van der Waals surface area contributed by atoms with Crippen LogP contribution in [0.25, 0.3) is 0 Å². The van der Waals surface area contributed by atoms with Gasteiger partial charge in [-0.2, -0.15) is 0 Å². The first-order valence-corrected chi connectivity index (χ1v) is 8.32. The molecule has 2 heteroatoms. The predicted molar refractivity (Wildman–Crippen MR) is 87.0 cm³/mol. The summed E-state index contributed by atoms with van der Waals surface area (Å²) in [5, 5.41) is 11.3. The fraction of sp³-hybridized carbons (Fsp3) is 0.579. The molecule has 1 atom stereocenters. The van der Waals surface area contributed by atoms with E-state index >= 15 is 0 Å². The molecule has 2 rings (SSSR count). The number of rotatable bonds is 5. The van der Waals surface area contributed by atoms with Gasteiger partial charge in [0.25, 0.3) is 0 Å². The van der Waals surface area contributed by atoms with E-state index in [0.717, 1.165) is 38.0 Å². The second-order valence-corrected chi connectivity index (χ2v) is 6.05. The Morgan fingerprint density at radius 3 is 2.33 bits per heavy atom. The van der Waals surface area contributed by atoms with Gasteiger partial charge in [0.1, 0.15) is 6.54 Å². The third-order valence-corrected chi connectivity index (χ3v) is 4.78. The van der Waals surface area contributed by atoms with Crippen LogP contribution < -0.4 is 4.90 Å². The third-order valence-electron chi connectivity index (χ3n) is 4.78. The first-order chi connectivity index (χ1) is 10.2. The zero-order valence-electron chi connectivity index (χ0n) is 13.4. The van der Waals surface area contributed by atoms with Crippen LogP contribution in [0.5, 0.6) is 0 Å². The Bertz CT molecular complexity index is 477. The van der Waals surface area contributed by atoms with Crippen molar-refractivity contribution in [2.24, 2.45) is 5.92 Å². The summed E-state index contributed by atoms with van der Waals surface area (Å²) in [6, 6.07) is 10.00. The summed E-state index contributed by atoms with van der Waals surface area (Å²) >= 11 is 0. The first kappa shape index (κ1) is 16.1. The van der Waals surface area contributed by atoms with E-state index in [2.05, 4.69) is 25.7 Å². The molecule has 2 N–H and O–H groups in total. The molecule has 1 aliphatic carbocycles. The van der Waals surface area contributed by atoms with Crippen molar-refractivity contribution in [3.63, 3.8) is 0 Å². The number of hydrogen-bond acceptors (Lipinski definition) is 1. The number of benzene rings is 1. The molecule has 2 nitrogen and oxygen atoms in total. The van der Waals surface area contributed by atoms with Crippen LogP contribution in [0.15, 0.2) is 30.3 Å². The van der Waals surface area contributed by atoms with Crippen molar-refractivity contribution in [2.45, 2.75) is 45.1 Å². The van der Waals surface area contributed by atoms with E-state index in [1.807, 2.05) is 30.3 Å².